The van der Waals surface area contributed by atoms with Gasteiger partial charge in [-0.05, 0) is 37.1 Å². The highest BCUT2D eigenvalue weighted by molar-refractivity contribution is 7.91. The zero-order valence-corrected chi connectivity index (χ0v) is 11.3. The monoisotopic (exact) mass is 273 g/mol. The molecule has 1 N–H and O–H groups in total. The number of benzene rings is 1. The third-order valence-corrected chi connectivity index (χ3v) is 5.32. The molecule has 0 radical (unpaired) electrons. The molecule has 1 aromatic rings. The average Bonchev–Trinajstić information content (AvgIpc) is 2.63. The molecule has 1 aromatic carbocycles. The molecule has 0 saturated carbocycles. The maximum absolute atomic E-state index is 11.5. The van der Waals surface area contributed by atoms with Crippen LogP contribution in [0.1, 0.15) is 18.0 Å². The molecule has 1 saturated heterocycles. The molecule has 1 fully saturated rings. The molecular weight excluding hydrogens is 258 g/mol. The van der Waals surface area contributed by atoms with Gasteiger partial charge in [-0.3, -0.25) is 0 Å². The Hall–Kier alpha value is -0.580. The molecule has 94 valence electrons. The molecule has 0 amide bonds. The molecule has 0 aliphatic carbocycles. The van der Waals surface area contributed by atoms with Crippen molar-refractivity contribution in [3.8, 4) is 0 Å². The maximum atomic E-state index is 11.5. The van der Waals surface area contributed by atoms with E-state index in [1.165, 1.54) is 0 Å². The minimum Gasteiger partial charge on any atom is -0.313 e. The molecule has 1 aliphatic rings. The Morgan fingerprint density at radius 2 is 2.00 bits per heavy atom. The van der Waals surface area contributed by atoms with Gasteiger partial charge in [0.05, 0.1) is 11.5 Å². The van der Waals surface area contributed by atoms with E-state index in [4.69, 9.17) is 11.6 Å². The van der Waals surface area contributed by atoms with Gasteiger partial charge in [0.25, 0.3) is 0 Å². The first kappa shape index (κ1) is 12.9. The van der Waals surface area contributed by atoms with Crippen LogP contribution >= 0.6 is 11.6 Å². The van der Waals surface area contributed by atoms with Crippen molar-refractivity contribution in [3.05, 3.63) is 34.9 Å². The molecule has 1 heterocycles. The fraction of sp³-hybridized carbons (Fsp3) is 0.500. The smallest absolute Gasteiger partial charge is 0.150 e. The largest absolute Gasteiger partial charge is 0.313 e. The summed E-state index contributed by atoms with van der Waals surface area (Å²) in [6, 6.07) is 7.67. The lowest BCUT2D eigenvalue weighted by atomic mass is 9.93. The predicted molar refractivity (Wildman–Crippen MR) is 70.0 cm³/mol. The second-order valence-corrected chi connectivity index (χ2v) is 7.15. The van der Waals surface area contributed by atoms with Crippen LogP contribution in [-0.4, -0.2) is 27.0 Å². The lowest BCUT2D eigenvalue weighted by Gasteiger charge is -2.22. The van der Waals surface area contributed by atoms with Gasteiger partial charge in [0, 0.05) is 11.1 Å². The zero-order chi connectivity index (χ0) is 12.5. The van der Waals surface area contributed by atoms with Crippen molar-refractivity contribution in [2.24, 2.45) is 5.92 Å². The highest BCUT2D eigenvalue weighted by Crippen LogP contribution is 2.31. The number of sulfone groups is 1. The Kier molecular flexibility index (Phi) is 3.76. The summed E-state index contributed by atoms with van der Waals surface area (Å²) in [5.41, 5.74) is 1.10. The van der Waals surface area contributed by atoms with E-state index in [0.29, 0.717) is 10.8 Å². The molecule has 5 heteroatoms. The van der Waals surface area contributed by atoms with Gasteiger partial charge in [-0.25, -0.2) is 8.42 Å². The number of rotatable bonds is 3. The van der Waals surface area contributed by atoms with Crippen molar-refractivity contribution in [2.75, 3.05) is 18.6 Å². The lowest BCUT2D eigenvalue weighted by Crippen LogP contribution is -2.26. The van der Waals surface area contributed by atoms with E-state index in [1.807, 2.05) is 31.3 Å². The van der Waals surface area contributed by atoms with Crippen LogP contribution in [0.2, 0.25) is 5.02 Å². The SMILES string of the molecule is CNC(c1ccc(Cl)cc1)C1CCS(=O)(=O)C1. The molecule has 0 bridgehead atoms. The van der Waals surface area contributed by atoms with Crippen molar-refractivity contribution in [3.63, 3.8) is 0 Å². The fourth-order valence-corrected chi connectivity index (χ4v) is 4.40. The van der Waals surface area contributed by atoms with Crippen molar-refractivity contribution < 1.29 is 8.42 Å². The molecule has 2 atom stereocenters. The van der Waals surface area contributed by atoms with Crippen LogP contribution < -0.4 is 5.32 Å². The first-order valence-corrected chi connectivity index (χ1v) is 7.85. The third kappa shape index (κ3) is 3.00. The molecule has 0 spiro atoms. The lowest BCUT2D eigenvalue weighted by molar-refractivity contribution is 0.418. The van der Waals surface area contributed by atoms with Gasteiger partial charge in [-0.1, -0.05) is 23.7 Å². The van der Waals surface area contributed by atoms with Crippen molar-refractivity contribution in [1.82, 2.24) is 5.32 Å². The van der Waals surface area contributed by atoms with E-state index in [2.05, 4.69) is 5.32 Å². The van der Waals surface area contributed by atoms with Gasteiger partial charge < -0.3 is 5.32 Å². The van der Waals surface area contributed by atoms with Gasteiger partial charge in [0.15, 0.2) is 9.84 Å². The van der Waals surface area contributed by atoms with E-state index in [1.54, 1.807) is 0 Å². The third-order valence-electron chi connectivity index (χ3n) is 3.28. The standard InChI is InChI=1S/C12H16ClNO2S/c1-14-12(9-2-4-11(13)5-3-9)10-6-7-17(15,16)8-10/h2-5,10,12,14H,6-8H2,1H3. The van der Waals surface area contributed by atoms with Crippen LogP contribution in [0.15, 0.2) is 24.3 Å². The fourth-order valence-electron chi connectivity index (χ4n) is 2.43. The second kappa shape index (κ2) is 4.96. The quantitative estimate of drug-likeness (QED) is 0.917. The van der Waals surface area contributed by atoms with Crippen molar-refractivity contribution in [1.29, 1.82) is 0 Å². The number of hydrogen-bond acceptors (Lipinski definition) is 3. The predicted octanol–water partition coefficient (Wildman–Crippen LogP) is 2.04. The summed E-state index contributed by atoms with van der Waals surface area (Å²) in [5, 5.41) is 3.91. The van der Waals surface area contributed by atoms with Crippen LogP contribution in [0.3, 0.4) is 0 Å². The van der Waals surface area contributed by atoms with Gasteiger partial charge in [-0.15, -0.1) is 0 Å². The summed E-state index contributed by atoms with van der Waals surface area (Å²) < 4.78 is 23.0. The molecule has 2 rings (SSSR count). The molecule has 1 aliphatic heterocycles. The van der Waals surface area contributed by atoms with Gasteiger partial charge >= 0.3 is 0 Å². The maximum Gasteiger partial charge on any atom is 0.150 e. The summed E-state index contributed by atoms with van der Waals surface area (Å²) in [6.07, 6.45) is 0.733. The highest BCUT2D eigenvalue weighted by atomic mass is 35.5. The summed E-state index contributed by atoms with van der Waals surface area (Å²) in [6.45, 7) is 0. The molecule has 0 aromatic heterocycles. The Morgan fingerprint density at radius 3 is 2.47 bits per heavy atom. The topological polar surface area (TPSA) is 46.2 Å². The molecule has 3 nitrogen and oxygen atoms in total. The van der Waals surface area contributed by atoms with E-state index in [9.17, 15) is 8.42 Å². The van der Waals surface area contributed by atoms with Crippen LogP contribution in [0, 0.1) is 5.92 Å². The van der Waals surface area contributed by atoms with Crippen molar-refractivity contribution in [2.45, 2.75) is 12.5 Å². The van der Waals surface area contributed by atoms with Crippen LogP contribution in [0.4, 0.5) is 0 Å². The molecule has 2 unspecified atom stereocenters. The summed E-state index contributed by atoms with van der Waals surface area (Å²) >= 11 is 5.85. The van der Waals surface area contributed by atoms with Gasteiger partial charge in [0.1, 0.15) is 0 Å². The van der Waals surface area contributed by atoms with Gasteiger partial charge in [-0.2, -0.15) is 0 Å². The summed E-state index contributed by atoms with van der Waals surface area (Å²) in [7, 11) is -0.968. The first-order valence-electron chi connectivity index (χ1n) is 5.65. The van der Waals surface area contributed by atoms with E-state index >= 15 is 0 Å². The normalized spacial score (nSPS) is 24.7. The van der Waals surface area contributed by atoms with E-state index in [-0.39, 0.29) is 17.7 Å². The first-order chi connectivity index (χ1) is 8.02. The zero-order valence-electron chi connectivity index (χ0n) is 9.69. The van der Waals surface area contributed by atoms with Crippen molar-refractivity contribution >= 4 is 21.4 Å². The summed E-state index contributed by atoms with van der Waals surface area (Å²) in [4.78, 5) is 0. The Bertz CT molecular complexity index is 484. The van der Waals surface area contributed by atoms with Crippen LogP contribution in [0.5, 0.6) is 0 Å². The van der Waals surface area contributed by atoms with Crippen LogP contribution in [0.25, 0.3) is 0 Å². The number of halogens is 1. The average molecular weight is 274 g/mol. The van der Waals surface area contributed by atoms with Crippen LogP contribution in [-0.2, 0) is 9.84 Å². The molecule has 17 heavy (non-hydrogen) atoms. The van der Waals surface area contributed by atoms with E-state index in [0.717, 1.165) is 12.0 Å². The van der Waals surface area contributed by atoms with Gasteiger partial charge in [0.2, 0.25) is 0 Å². The Morgan fingerprint density at radius 1 is 1.35 bits per heavy atom. The summed E-state index contributed by atoms with van der Waals surface area (Å²) in [5.74, 6) is 0.746. The minimum absolute atomic E-state index is 0.0875. The van der Waals surface area contributed by atoms with E-state index < -0.39 is 9.84 Å². The minimum atomic E-state index is -2.83. The Labute approximate surface area is 107 Å². The Balaban J connectivity index is 2.20. The molecular formula is C12H16ClNO2S. The number of nitrogens with one attached hydrogen (secondary N) is 1. The second-order valence-electron chi connectivity index (χ2n) is 4.48. The highest BCUT2D eigenvalue weighted by Gasteiger charge is 2.33. The number of hydrogen-bond donors (Lipinski definition) is 1.